The van der Waals surface area contributed by atoms with Crippen LogP contribution in [0.2, 0.25) is 0 Å². The summed E-state index contributed by atoms with van der Waals surface area (Å²) in [5.41, 5.74) is 0. The summed E-state index contributed by atoms with van der Waals surface area (Å²) >= 11 is 3.12. The van der Waals surface area contributed by atoms with Crippen molar-refractivity contribution >= 4 is 29.1 Å². The molecule has 0 spiro atoms. The van der Waals surface area contributed by atoms with Gasteiger partial charge in [-0.3, -0.25) is 4.79 Å². The third-order valence-electron chi connectivity index (χ3n) is 3.81. The Bertz CT molecular complexity index is 376. The molecule has 0 amide bonds. The van der Waals surface area contributed by atoms with Gasteiger partial charge in [0.2, 0.25) is 0 Å². The van der Waals surface area contributed by atoms with Crippen molar-refractivity contribution in [2.45, 2.75) is 76.4 Å². The van der Waals surface area contributed by atoms with Crippen LogP contribution in [0.3, 0.4) is 0 Å². The minimum atomic E-state index is -0.709. The monoisotopic (exact) mass is 342 g/mol. The molecule has 0 saturated heterocycles. The second-order valence-corrected chi connectivity index (χ2v) is 7.98. The Morgan fingerprint density at radius 1 is 1.09 bits per heavy atom. The zero-order valence-corrected chi connectivity index (χ0v) is 15.4. The second-order valence-electron chi connectivity index (χ2n) is 5.79. The maximum absolute atomic E-state index is 11.3. The minimum Gasteiger partial charge on any atom is -0.480 e. The van der Waals surface area contributed by atoms with Gasteiger partial charge < -0.3 is 5.11 Å². The molecule has 1 unspecified atom stereocenters. The molecule has 0 aliphatic carbocycles. The average molecular weight is 343 g/mol. The third kappa shape index (κ3) is 8.84. The molecule has 126 valence electrons. The van der Waals surface area contributed by atoms with Gasteiger partial charge in [-0.15, -0.1) is 23.1 Å². The molecule has 0 saturated carbocycles. The Hall–Kier alpha value is -0.480. The Morgan fingerprint density at radius 3 is 2.18 bits per heavy atom. The normalized spacial score (nSPS) is 12.4. The Kier molecular flexibility index (Phi) is 11.6. The fraction of sp³-hybridized carbons (Fsp3) is 0.722. The lowest BCUT2D eigenvalue weighted by molar-refractivity contribution is -0.136. The highest BCUT2D eigenvalue weighted by atomic mass is 32.2. The lowest BCUT2D eigenvalue weighted by atomic mass is 10.1. The zero-order valence-electron chi connectivity index (χ0n) is 13.8. The molecule has 0 aliphatic rings. The first-order chi connectivity index (χ1) is 10.8. The van der Waals surface area contributed by atoms with Crippen LogP contribution in [-0.4, -0.2) is 16.8 Å². The molecule has 1 heterocycles. The van der Waals surface area contributed by atoms with Crippen LogP contribution < -0.4 is 0 Å². The highest BCUT2D eigenvalue weighted by Crippen LogP contribution is 2.32. The van der Waals surface area contributed by atoms with Crippen LogP contribution in [0.1, 0.15) is 81.3 Å². The van der Waals surface area contributed by atoms with E-state index >= 15 is 0 Å². The number of rotatable bonds is 14. The maximum atomic E-state index is 11.3. The highest BCUT2D eigenvalue weighted by Gasteiger charge is 2.20. The van der Waals surface area contributed by atoms with Crippen molar-refractivity contribution in [1.82, 2.24) is 0 Å². The van der Waals surface area contributed by atoms with Gasteiger partial charge in [0, 0.05) is 4.88 Å². The first-order valence-corrected chi connectivity index (χ1v) is 10.6. The van der Waals surface area contributed by atoms with E-state index in [-0.39, 0.29) is 5.25 Å². The number of hydrogen-bond donors (Lipinski definition) is 1. The first kappa shape index (κ1) is 19.6. The standard InChI is InChI=1S/C18H30O2S2/c1-2-3-4-5-6-7-8-9-10-11-14-22-17(18(19)20)16-13-12-15-21-16/h12-13,15,17H,2-11,14H2,1H3,(H,19,20). The zero-order chi connectivity index (χ0) is 16.0. The summed E-state index contributed by atoms with van der Waals surface area (Å²) in [6.45, 7) is 2.26. The summed E-state index contributed by atoms with van der Waals surface area (Å²) in [6, 6.07) is 3.85. The molecule has 0 aliphatic heterocycles. The Labute approximate surface area is 143 Å². The minimum absolute atomic E-state index is 0.376. The summed E-state index contributed by atoms with van der Waals surface area (Å²) in [5, 5.41) is 10.9. The molecular weight excluding hydrogens is 312 g/mol. The van der Waals surface area contributed by atoms with Gasteiger partial charge in [-0.1, -0.05) is 70.8 Å². The van der Waals surface area contributed by atoms with Crippen LogP contribution in [0.25, 0.3) is 0 Å². The molecule has 0 aromatic carbocycles. The lowest BCUT2D eigenvalue weighted by Gasteiger charge is -2.10. The topological polar surface area (TPSA) is 37.3 Å². The van der Waals surface area contributed by atoms with E-state index in [2.05, 4.69) is 6.92 Å². The van der Waals surface area contributed by atoms with Gasteiger partial charge in [-0.2, -0.15) is 0 Å². The van der Waals surface area contributed by atoms with Crippen molar-refractivity contribution in [1.29, 1.82) is 0 Å². The number of carboxylic acids is 1. The van der Waals surface area contributed by atoms with Crippen LogP contribution in [0.15, 0.2) is 17.5 Å². The predicted molar refractivity (Wildman–Crippen MR) is 99.0 cm³/mol. The fourth-order valence-corrected chi connectivity index (χ4v) is 4.56. The van der Waals surface area contributed by atoms with Crippen LogP contribution in [-0.2, 0) is 4.79 Å². The summed E-state index contributed by atoms with van der Waals surface area (Å²) < 4.78 is 0. The Balaban J connectivity index is 1.97. The van der Waals surface area contributed by atoms with Gasteiger partial charge in [0.15, 0.2) is 0 Å². The number of thioether (sulfide) groups is 1. The van der Waals surface area contributed by atoms with E-state index in [1.165, 1.54) is 57.8 Å². The number of aliphatic carboxylic acids is 1. The largest absolute Gasteiger partial charge is 0.480 e. The maximum Gasteiger partial charge on any atom is 0.322 e. The Morgan fingerprint density at radius 2 is 1.68 bits per heavy atom. The van der Waals surface area contributed by atoms with Crippen molar-refractivity contribution < 1.29 is 9.90 Å². The number of unbranched alkanes of at least 4 members (excludes halogenated alkanes) is 9. The first-order valence-electron chi connectivity index (χ1n) is 8.63. The van der Waals surface area contributed by atoms with Gasteiger partial charge in [0.25, 0.3) is 0 Å². The number of hydrogen-bond acceptors (Lipinski definition) is 3. The van der Waals surface area contributed by atoms with E-state index in [4.69, 9.17) is 0 Å². The van der Waals surface area contributed by atoms with Crippen LogP contribution >= 0.6 is 23.1 Å². The summed E-state index contributed by atoms with van der Waals surface area (Å²) in [6.07, 6.45) is 13.2. The quantitative estimate of drug-likeness (QED) is 0.391. The molecule has 22 heavy (non-hydrogen) atoms. The molecule has 1 rings (SSSR count). The molecule has 1 atom stereocenters. The van der Waals surface area contributed by atoms with Crippen LogP contribution in [0, 0.1) is 0 Å². The molecule has 2 nitrogen and oxygen atoms in total. The van der Waals surface area contributed by atoms with Crippen LogP contribution in [0.4, 0.5) is 0 Å². The SMILES string of the molecule is CCCCCCCCCCCCSC(C(=O)O)c1cccs1. The molecule has 1 aromatic rings. The van der Waals surface area contributed by atoms with Crippen molar-refractivity contribution in [3.8, 4) is 0 Å². The number of thiophene rings is 1. The van der Waals surface area contributed by atoms with E-state index in [1.807, 2.05) is 17.5 Å². The number of carboxylic acid groups (broad SMARTS) is 1. The van der Waals surface area contributed by atoms with E-state index in [0.29, 0.717) is 0 Å². The van der Waals surface area contributed by atoms with Crippen molar-refractivity contribution in [3.63, 3.8) is 0 Å². The average Bonchev–Trinajstić information content (AvgIpc) is 3.02. The molecule has 0 fully saturated rings. The second kappa shape index (κ2) is 13.0. The molecule has 0 radical (unpaired) electrons. The van der Waals surface area contributed by atoms with E-state index in [1.54, 1.807) is 23.1 Å². The van der Waals surface area contributed by atoms with E-state index in [9.17, 15) is 9.90 Å². The van der Waals surface area contributed by atoms with Crippen molar-refractivity contribution in [2.24, 2.45) is 0 Å². The van der Waals surface area contributed by atoms with Gasteiger partial charge in [-0.25, -0.2) is 0 Å². The number of carbonyl (C=O) groups is 1. The highest BCUT2D eigenvalue weighted by molar-refractivity contribution is 8.00. The van der Waals surface area contributed by atoms with Crippen LogP contribution in [0.5, 0.6) is 0 Å². The predicted octanol–water partition coefficient (Wildman–Crippen LogP) is 6.53. The van der Waals surface area contributed by atoms with Crippen molar-refractivity contribution in [3.05, 3.63) is 22.4 Å². The van der Waals surface area contributed by atoms with Gasteiger partial charge in [0.1, 0.15) is 5.25 Å². The molecule has 1 N–H and O–H groups in total. The molecule has 0 bridgehead atoms. The van der Waals surface area contributed by atoms with Gasteiger partial charge in [-0.05, 0) is 23.6 Å². The van der Waals surface area contributed by atoms with E-state index < -0.39 is 5.97 Å². The summed E-state index contributed by atoms with van der Waals surface area (Å²) in [4.78, 5) is 12.3. The summed E-state index contributed by atoms with van der Waals surface area (Å²) in [7, 11) is 0. The van der Waals surface area contributed by atoms with Gasteiger partial charge >= 0.3 is 5.97 Å². The van der Waals surface area contributed by atoms with Gasteiger partial charge in [0.05, 0.1) is 0 Å². The summed E-state index contributed by atoms with van der Waals surface area (Å²) in [5.74, 6) is 0.241. The lowest BCUT2D eigenvalue weighted by Crippen LogP contribution is -2.07. The smallest absolute Gasteiger partial charge is 0.322 e. The van der Waals surface area contributed by atoms with E-state index in [0.717, 1.165) is 17.1 Å². The molecular formula is C18H30O2S2. The third-order valence-corrected chi connectivity index (χ3v) is 6.21. The molecule has 1 aromatic heterocycles. The molecule has 4 heteroatoms. The van der Waals surface area contributed by atoms with Crippen molar-refractivity contribution in [2.75, 3.05) is 5.75 Å². The fourth-order valence-electron chi connectivity index (χ4n) is 2.51.